The number of amides is 1. The standard InChI is InChI=1S/C20H20N2O4S.ClH/c21-11-13-4-3-6-16(13)22-20(24)12-8-9-15-18(10-12)27(25,26)17-7-2-1-5-14(17)19(15)23;/h1-2,5,7-10,13,16H,3-4,6,11,21H2,(H,22,24);1H. The van der Waals surface area contributed by atoms with E-state index in [-0.39, 0.29) is 62.5 Å². The molecule has 0 aromatic heterocycles. The number of nitrogens with one attached hydrogen (secondary N) is 1. The minimum atomic E-state index is -3.85. The lowest BCUT2D eigenvalue weighted by atomic mass is 10.00. The van der Waals surface area contributed by atoms with Crippen molar-refractivity contribution in [3.05, 3.63) is 59.2 Å². The van der Waals surface area contributed by atoms with E-state index in [0.29, 0.717) is 6.54 Å². The normalized spacial score (nSPS) is 22.0. The molecule has 1 fully saturated rings. The van der Waals surface area contributed by atoms with E-state index in [1.807, 2.05) is 0 Å². The first-order valence-corrected chi connectivity index (χ1v) is 10.5. The second-order valence-corrected chi connectivity index (χ2v) is 8.93. The van der Waals surface area contributed by atoms with Crippen LogP contribution >= 0.6 is 12.4 Å². The van der Waals surface area contributed by atoms with Crippen molar-refractivity contribution in [2.24, 2.45) is 11.7 Å². The van der Waals surface area contributed by atoms with Gasteiger partial charge in [0.25, 0.3) is 5.91 Å². The molecule has 6 nitrogen and oxygen atoms in total. The Kier molecular flexibility index (Phi) is 5.61. The Morgan fingerprint density at radius 3 is 2.54 bits per heavy atom. The van der Waals surface area contributed by atoms with Gasteiger partial charge in [0.05, 0.1) is 9.79 Å². The number of carbonyl (C=O) groups is 2. The van der Waals surface area contributed by atoms with Gasteiger partial charge in [-0.25, -0.2) is 8.42 Å². The largest absolute Gasteiger partial charge is 0.349 e. The molecule has 4 rings (SSSR count). The molecule has 1 amide bonds. The number of nitrogens with two attached hydrogens (primary N) is 1. The lowest BCUT2D eigenvalue weighted by molar-refractivity contribution is 0.0927. The Bertz CT molecular complexity index is 1050. The van der Waals surface area contributed by atoms with Crippen LogP contribution in [0.1, 0.15) is 45.5 Å². The molecule has 1 aliphatic heterocycles. The van der Waals surface area contributed by atoms with Gasteiger partial charge < -0.3 is 11.1 Å². The molecule has 8 heteroatoms. The molecule has 1 aliphatic carbocycles. The average molecular weight is 421 g/mol. The van der Waals surface area contributed by atoms with Gasteiger partial charge in [0.2, 0.25) is 9.84 Å². The van der Waals surface area contributed by atoms with E-state index in [1.54, 1.807) is 12.1 Å². The van der Waals surface area contributed by atoms with Gasteiger partial charge >= 0.3 is 0 Å². The Morgan fingerprint density at radius 2 is 1.79 bits per heavy atom. The summed E-state index contributed by atoms with van der Waals surface area (Å²) < 4.78 is 25.9. The minimum Gasteiger partial charge on any atom is -0.349 e. The van der Waals surface area contributed by atoms with E-state index < -0.39 is 9.84 Å². The lowest BCUT2D eigenvalue weighted by Gasteiger charge is -2.21. The van der Waals surface area contributed by atoms with Crippen LogP contribution in [0.15, 0.2) is 52.3 Å². The first-order valence-electron chi connectivity index (χ1n) is 8.97. The third-order valence-electron chi connectivity index (χ3n) is 5.48. The van der Waals surface area contributed by atoms with Crippen molar-refractivity contribution < 1.29 is 18.0 Å². The van der Waals surface area contributed by atoms with Crippen LogP contribution < -0.4 is 11.1 Å². The van der Waals surface area contributed by atoms with Crippen LogP contribution in [0.5, 0.6) is 0 Å². The van der Waals surface area contributed by atoms with Crippen LogP contribution in [-0.4, -0.2) is 32.7 Å². The van der Waals surface area contributed by atoms with Crippen molar-refractivity contribution in [2.45, 2.75) is 35.1 Å². The maximum atomic E-state index is 13.0. The van der Waals surface area contributed by atoms with E-state index >= 15 is 0 Å². The summed E-state index contributed by atoms with van der Waals surface area (Å²) in [5, 5.41) is 2.96. The second-order valence-electron chi connectivity index (χ2n) is 7.05. The fourth-order valence-electron chi connectivity index (χ4n) is 3.99. The van der Waals surface area contributed by atoms with Crippen molar-refractivity contribution >= 4 is 33.9 Å². The molecule has 2 aromatic rings. The van der Waals surface area contributed by atoms with E-state index in [2.05, 4.69) is 5.32 Å². The van der Waals surface area contributed by atoms with Crippen LogP contribution in [-0.2, 0) is 9.84 Å². The van der Waals surface area contributed by atoms with Crippen LogP contribution in [0.4, 0.5) is 0 Å². The quantitative estimate of drug-likeness (QED) is 0.676. The number of carbonyl (C=O) groups excluding carboxylic acids is 2. The molecule has 0 radical (unpaired) electrons. The summed E-state index contributed by atoms with van der Waals surface area (Å²) in [6.45, 7) is 0.509. The molecule has 2 aliphatic rings. The fraction of sp³-hybridized carbons (Fsp3) is 0.300. The van der Waals surface area contributed by atoms with Crippen LogP contribution in [0.3, 0.4) is 0 Å². The molecular weight excluding hydrogens is 400 g/mol. The van der Waals surface area contributed by atoms with Crippen LogP contribution in [0, 0.1) is 5.92 Å². The second kappa shape index (κ2) is 7.66. The third kappa shape index (κ3) is 3.23. The Balaban J connectivity index is 0.00000225. The van der Waals surface area contributed by atoms with Crippen LogP contribution in [0.25, 0.3) is 0 Å². The lowest BCUT2D eigenvalue weighted by Crippen LogP contribution is -2.40. The van der Waals surface area contributed by atoms with Gasteiger partial charge in [-0.15, -0.1) is 12.4 Å². The Labute approximate surface area is 169 Å². The average Bonchev–Trinajstić information content (AvgIpc) is 3.13. The molecule has 2 atom stereocenters. The first-order chi connectivity index (χ1) is 12.9. The summed E-state index contributed by atoms with van der Waals surface area (Å²) >= 11 is 0. The molecule has 28 heavy (non-hydrogen) atoms. The number of ketones is 1. The number of hydrogen-bond acceptors (Lipinski definition) is 5. The Hall–Kier alpha value is -2.22. The van der Waals surface area contributed by atoms with Gasteiger partial charge in [0.1, 0.15) is 0 Å². The summed E-state index contributed by atoms with van der Waals surface area (Å²) in [6, 6.07) is 10.4. The highest BCUT2D eigenvalue weighted by Gasteiger charge is 2.35. The van der Waals surface area contributed by atoms with Crippen molar-refractivity contribution in [3.63, 3.8) is 0 Å². The topological polar surface area (TPSA) is 106 Å². The van der Waals surface area contributed by atoms with Crippen LogP contribution in [0.2, 0.25) is 0 Å². The van der Waals surface area contributed by atoms with Gasteiger partial charge in [-0.1, -0.05) is 18.6 Å². The van der Waals surface area contributed by atoms with Crippen molar-refractivity contribution in [1.29, 1.82) is 0 Å². The highest BCUT2D eigenvalue weighted by Crippen LogP contribution is 2.35. The molecule has 2 aromatic carbocycles. The van der Waals surface area contributed by atoms with Gasteiger partial charge in [-0.05, 0) is 55.6 Å². The molecule has 0 saturated heterocycles. The smallest absolute Gasteiger partial charge is 0.251 e. The molecule has 0 spiro atoms. The maximum Gasteiger partial charge on any atom is 0.251 e. The SMILES string of the molecule is Cl.NCC1CCCC1NC(=O)c1ccc2c(c1)S(=O)(=O)c1ccccc1C2=O. The predicted octanol–water partition coefficient (Wildman–Crippen LogP) is 2.34. The molecule has 1 heterocycles. The van der Waals surface area contributed by atoms with Gasteiger partial charge in [-0.2, -0.15) is 0 Å². The van der Waals surface area contributed by atoms with Crippen molar-refractivity contribution in [2.75, 3.05) is 6.54 Å². The van der Waals surface area contributed by atoms with E-state index in [9.17, 15) is 18.0 Å². The molecule has 0 bridgehead atoms. The zero-order valence-electron chi connectivity index (χ0n) is 15.1. The van der Waals surface area contributed by atoms with Gasteiger partial charge in [0, 0.05) is 22.7 Å². The zero-order valence-corrected chi connectivity index (χ0v) is 16.7. The Morgan fingerprint density at radius 1 is 1.07 bits per heavy atom. The highest BCUT2D eigenvalue weighted by atomic mass is 35.5. The van der Waals surface area contributed by atoms with E-state index in [0.717, 1.165) is 19.3 Å². The highest BCUT2D eigenvalue weighted by molar-refractivity contribution is 7.91. The number of halogens is 1. The van der Waals surface area contributed by atoms with Gasteiger partial charge in [-0.3, -0.25) is 9.59 Å². The monoisotopic (exact) mass is 420 g/mol. The third-order valence-corrected chi connectivity index (χ3v) is 7.33. The van der Waals surface area contributed by atoms with Crippen molar-refractivity contribution in [3.8, 4) is 0 Å². The molecule has 1 saturated carbocycles. The number of fused-ring (bicyclic) bond motifs is 2. The molecule has 3 N–H and O–H groups in total. The van der Waals surface area contributed by atoms with E-state index in [4.69, 9.17) is 5.73 Å². The number of hydrogen-bond donors (Lipinski definition) is 2. The van der Waals surface area contributed by atoms with Gasteiger partial charge in [0.15, 0.2) is 5.78 Å². The first kappa shape index (κ1) is 20.5. The molecule has 2 unspecified atom stereocenters. The summed E-state index contributed by atoms with van der Waals surface area (Å²) in [5.74, 6) is -0.449. The zero-order chi connectivity index (χ0) is 19.2. The summed E-state index contributed by atoms with van der Waals surface area (Å²) in [7, 11) is -3.85. The summed E-state index contributed by atoms with van der Waals surface area (Å²) in [4.78, 5) is 25.2. The summed E-state index contributed by atoms with van der Waals surface area (Å²) in [5.41, 5.74) is 6.25. The maximum absolute atomic E-state index is 13.0. The number of benzene rings is 2. The summed E-state index contributed by atoms with van der Waals surface area (Å²) in [6.07, 6.45) is 2.85. The molecule has 148 valence electrons. The van der Waals surface area contributed by atoms with E-state index in [1.165, 1.54) is 30.3 Å². The minimum absolute atomic E-state index is 0. The van der Waals surface area contributed by atoms with Crippen molar-refractivity contribution in [1.82, 2.24) is 5.32 Å². The number of sulfone groups is 1. The number of rotatable bonds is 3. The molecular formula is C20H21ClN2O4S. The fourth-order valence-corrected chi connectivity index (χ4v) is 5.66. The predicted molar refractivity (Wildman–Crippen MR) is 107 cm³/mol.